The molecule has 0 radical (unpaired) electrons. The van der Waals surface area contributed by atoms with Crippen LogP contribution in [0.25, 0.3) is 0 Å². The fraction of sp³-hybridized carbons (Fsp3) is 0.273. The molecule has 1 N–H and O–H groups in total. The molecule has 1 fully saturated rings. The van der Waals surface area contributed by atoms with Crippen molar-refractivity contribution in [2.24, 2.45) is 10.9 Å². The maximum atomic E-state index is 14.0. The standard InChI is InChI=1S/C44H40N4O6S/c1-51-39-18-33-35(45-12-11-31-16-29-7-3-5-9-37(29)47(31)43(33)49)20-41(39)53-23-26-13-27(15-28(14-26)25-55)24-54-42-21-36-34(19-40(42)52-2)44(50)48-32(22-46-36)17-30-8-4-6-10-38(30)48/h3-11,13-15,18,20-21,31-32,34,46,55H,16-17,19,22-25H2,1-2H3/t31?,32-,34?/m0/s1. The molecule has 0 bridgehead atoms. The molecule has 1 saturated heterocycles. The lowest BCUT2D eigenvalue weighted by Crippen LogP contribution is -2.41. The van der Waals surface area contributed by atoms with Crippen LogP contribution in [0.1, 0.15) is 44.6 Å². The van der Waals surface area contributed by atoms with Crippen molar-refractivity contribution in [3.05, 3.63) is 142 Å². The van der Waals surface area contributed by atoms with Crippen molar-refractivity contribution in [2.45, 2.75) is 50.3 Å². The molecule has 11 heteroatoms. The van der Waals surface area contributed by atoms with Crippen molar-refractivity contribution in [3.63, 3.8) is 0 Å². The number of rotatable bonds is 9. The van der Waals surface area contributed by atoms with Crippen LogP contribution in [0.15, 0.2) is 113 Å². The van der Waals surface area contributed by atoms with Crippen LogP contribution >= 0.6 is 12.6 Å². The van der Waals surface area contributed by atoms with Gasteiger partial charge in [0.05, 0.1) is 43.5 Å². The number of amides is 2. The Morgan fingerprint density at radius 1 is 0.818 bits per heavy atom. The van der Waals surface area contributed by atoms with E-state index in [1.807, 2.05) is 76.5 Å². The summed E-state index contributed by atoms with van der Waals surface area (Å²) >= 11 is 4.57. The number of para-hydroxylation sites is 2. The quantitative estimate of drug-likeness (QED) is 0.178. The third-order valence-electron chi connectivity index (χ3n) is 11.0. The van der Waals surface area contributed by atoms with E-state index < -0.39 is 0 Å². The van der Waals surface area contributed by atoms with Crippen molar-refractivity contribution in [1.29, 1.82) is 0 Å². The number of carbonyl (C=O) groups excluding carboxylic acids is 2. The molecule has 10 nitrogen and oxygen atoms in total. The van der Waals surface area contributed by atoms with Gasteiger partial charge in [0.15, 0.2) is 17.3 Å². The van der Waals surface area contributed by atoms with Gasteiger partial charge in [0, 0.05) is 54.0 Å². The Bertz CT molecular complexity index is 2360. The van der Waals surface area contributed by atoms with E-state index in [0.29, 0.717) is 59.4 Å². The number of carbonyl (C=O) groups is 2. The highest BCUT2D eigenvalue weighted by Gasteiger charge is 2.43. The first kappa shape index (κ1) is 34.8. The summed E-state index contributed by atoms with van der Waals surface area (Å²) in [5.74, 6) is 5.27. The average molecular weight is 753 g/mol. The minimum absolute atomic E-state index is 0.0645. The summed E-state index contributed by atoms with van der Waals surface area (Å²) < 4.78 is 24.3. The molecule has 5 aliphatic rings. The molecule has 9 rings (SSSR count). The van der Waals surface area contributed by atoms with E-state index in [-0.39, 0.29) is 43.0 Å². The molecule has 2 amide bonds. The number of nitrogens with one attached hydrogen (secondary N) is 1. The fourth-order valence-electron chi connectivity index (χ4n) is 8.38. The van der Waals surface area contributed by atoms with E-state index in [0.717, 1.165) is 45.7 Å². The molecule has 1 aliphatic carbocycles. The van der Waals surface area contributed by atoms with Crippen LogP contribution in [-0.2, 0) is 46.1 Å². The molecule has 278 valence electrons. The third-order valence-corrected chi connectivity index (χ3v) is 11.4. The summed E-state index contributed by atoms with van der Waals surface area (Å²) in [6.45, 7) is 1.16. The fourth-order valence-corrected chi connectivity index (χ4v) is 8.56. The number of benzene rings is 4. The van der Waals surface area contributed by atoms with Crippen LogP contribution in [0.2, 0.25) is 0 Å². The van der Waals surface area contributed by atoms with Crippen LogP contribution in [0, 0.1) is 5.92 Å². The molecule has 0 aromatic heterocycles. The third kappa shape index (κ3) is 6.33. The van der Waals surface area contributed by atoms with Gasteiger partial charge in [0.2, 0.25) is 5.91 Å². The second-order valence-electron chi connectivity index (χ2n) is 14.3. The molecular formula is C44H40N4O6S. The van der Waals surface area contributed by atoms with Gasteiger partial charge in [-0.3, -0.25) is 9.59 Å². The van der Waals surface area contributed by atoms with E-state index in [1.165, 1.54) is 5.56 Å². The summed E-state index contributed by atoms with van der Waals surface area (Å²) in [4.78, 5) is 36.2. The average Bonchev–Trinajstić information content (AvgIpc) is 3.74. The highest BCUT2D eigenvalue weighted by Crippen LogP contribution is 2.42. The minimum Gasteiger partial charge on any atom is -0.497 e. The normalized spacial score (nSPS) is 20.5. The monoisotopic (exact) mass is 752 g/mol. The Labute approximate surface area is 325 Å². The Kier molecular flexibility index (Phi) is 9.12. The van der Waals surface area contributed by atoms with Gasteiger partial charge >= 0.3 is 0 Å². The summed E-state index contributed by atoms with van der Waals surface area (Å²) in [6, 6.07) is 25.6. The van der Waals surface area contributed by atoms with E-state index in [9.17, 15) is 9.59 Å². The molecule has 4 aromatic rings. The van der Waals surface area contributed by atoms with E-state index >= 15 is 0 Å². The molecule has 0 saturated carbocycles. The first-order valence-corrected chi connectivity index (χ1v) is 19.1. The number of nitrogens with zero attached hydrogens (tertiary/aromatic N) is 3. The smallest absolute Gasteiger partial charge is 0.261 e. The molecular weight excluding hydrogens is 713 g/mol. The first-order valence-electron chi connectivity index (χ1n) is 18.5. The second-order valence-corrected chi connectivity index (χ2v) is 14.6. The van der Waals surface area contributed by atoms with E-state index in [2.05, 4.69) is 40.9 Å². The van der Waals surface area contributed by atoms with Gasteiger partial charge in [0.1, 0.15) is 19.0 Å². The van der Waals surface area contributed by atoms with Crippen LogP contribution in [-0.4, -0.2) is 50.5 Å². The summed E-state index contributed by atoms with van der Waals surface area (Å²) in [6.07, 6.45) is 5.72. The van der Waals surface area contributed by atoms with Crippen molar-refractivity contribution < 1.29 is 28.5 Å². The maximum Gasteiger partial charge on any atom is 0.261 e. The van der Waals surface area contributed by atoms with Crippen molar-refractivity contribution in [3.8, 4) is 11.5 Å². The van der Waals surface area contributed by atoms with Gasteiger partial charge in [-0.05, 0) is 70.8 Å². The number of methoxy groups -OCH3 is 2. The Balaban J connectivity index is 0.921. The molecule has 4 heterocycles. The molecule has 2 unspecified atom stereocenters. The number of allylic oxidation sites excluding steroid dienone is 2. The molecule has 4 aromatic carbocycles. The van der Waals surface area contributed by atoms with Crippen molar-refractivity contribution in [1.82, 2.24) is 5.32 Å². The lowest BCUT2D eigenvalue weighted by atomic mass is 9.93. The minimum atomic E-state index is -0.377. The molecule has 4 aliphatic heterocycles. The lowest BCUT2D eigenvalue weighted by Gasteiger charge is -2.28. The zero-order chi connectivity index (χ0) is 37.6. The predicted molar refractivity (Wildman–Crippen MR) is 213 cm³/mol. The zero-order valence-electron chi connectivity index (χ0n) is 30.6. The van der Waals surface area contributed by atoms with Gasteiger partial charge < -0.3 is 34.1 Å². The van der Waals surface area contributed by atoms with Gasteiger partial charge in [0.25, 0.3) is 5.91 Å². The molecule has 0 spiro atoms. The van der Waals surface area contributed by atoms with E-state index in [4.69, 9.17) is 18.9 Å². The predicted octanol–water partition coefficient (Wildman–Crippen LogP) is 6.99. The SMILES string of the molecule is COC1=C(OCc2cc(CS)cc(COc3cc4c(cc3OC)C(=O)N3c5ccccc5CC3C=C=N4)c2)C=C2NC[C@@H]3Cc4ccccc4N3C(=O)C2C1. The largest absolute Gasteiger partial charge is 0.497 e. The number of hydrogen-bond acceptors (Lipinski definition) is 9. The van der Waals surface area contributed by atoms with Gasteiger partial charge in [-0.15, -0.1) is 0 Å². The van der Waals surface area contributed by atoms with Crippen LogP contribution in [0.5, 0.6) is 11.5 Å². The van der Waals surface area contributed by atoms with Gasteiger partial charge in [-0.25, -0.2) is 4.99 Å². The lowest BCUT2D eigenvalue weighted by molar-refractivity contribution is -0.121. The zero-order valence-corrected chi connectivity index (χ0v) is 31.5. The highest BCUT2D eigenvalue weighted by molar-refractivity contribution is 7.79. The van der Waals surface area contributed by atoms with E-state index in [1.54, 1.807) is 26.4 Å². The van der Waals surface area contributed by atoms with Gasteiger partial charge in [-0.1, -0.05) is 48.5 Å². The molecule has 3 atom stereocenters. The highest BCUT2D eigenvalue weighted by atomic mass is 32.1. The Hall–Kier alpha value is -5.90. The number of aliphatic imine (C=N–C) groups is 1. The van der Waals surface area contributed by atoms with Gasteiger partial charge in [-0.2, -0.15) is 12.6 Å². The number of anilines is 2. The number of fused-ring (bicyclic) bond motifs is 8. The maximum absolute atomic E-state index is 14.0. The van der Waals surface area contributed by atoms with Crippen LogP contribution in [0.3, 0.4) is 0 Å². The van der Waals surface area contributed by atoms with Crippen molar-refractivity contribution >= 4 is 47.4 Å². The summed E-state index contributed by atoms with van der Waals surface area (Å²) in [5.41, 5.74) is 8.79. The van der Waals surface area contributed by atoms with Crippen LogP contribution in [0.4, 0.5) is 17.1 Å². The summed E-state index contributed by atoms with van der Waals surface area (Å²) in [7, 11) is 3.18. The topological polar surface area (TPSA) is 102 Å². The molecule has 55 heavy (non-hydrogen) atoms. The summed E-state index contributed by atoms with van der Waals surface area (Å²) in [5, 5.41) is 3.56. The Morgan fingerprint density at radius 2 is 1.53 bits per heavy atom. The number of thiol groups is 1. The second kappa shape index (κ2) is 14.4. The number of ether oxygens (including phenoxy) is 4. The Morgan fingerprint density at radius 3 is 2.27 bits per heavy atom. The first-order chi connectivity index (χ1) is 26.9. The van der Waals surface area contributed by atoms with Crippen LogP contribution < -0.4 is 24.6 Å². The van der Waals surface area contributed by atoms with Crippen molar-refractivity contribution in [2.75, 3.05) is 30.6 Å². The number of hydrogen-bond donors (Lipinski definition) is 2.